The second-order valence-electron chi connectivity index (χ2n) is 2.70. The minimum atomic E-state index is -0.911. The molecule has 0 radical (unpaired) electrons. The second-order valence-corrected chi connectivity index (χ2v) is 3.91. The van der Waals surface area contributed by atoms with Gasteiger partial charge in [0.05, 0.1) is 0 Å². The number of aliphatic carboxylic acids is 1. The van der Waals surface area contributed by atoms with E-state index < -0.39 is 11.3 Å². The Kier molecular flexibility index (Phi) is 9.06. The summed E-state index contributed by atoms with van der Waals surface area (Å²) >= 11 is 1.25. The predicted molar refractivity (Wildman–Crippen MR) is 55.3 cm³/mol. The third kappa shape index (κ3) is 7.14. The van der Waals surface area contributed by atoms with Crippen molar-refractivity contribution in [3.8, 4) is 0 Å². The number of hydrogen-bond acceptors (Lipinski definition) is 5. The van der Waals surface area contributed by atoms with Crippen molar-refractivity contribution < 1.29 is 20.1 Å². The fourth-order valence-corrected chi connectivity index (χ4v) is 1.71. The van der Waals surface area contributed by atoms with Gasteiger partial charge < -0.3 is 15.3 Å². The van der Waals surface area contributed by atoms with E-state index in [-0.39, 0.29) is 13.2 Å². The number of carbonyl (C=O) groups is 1. The van der Waals surface area contributed by atoms with Crippen molar-refractivity contribution in [2.45, 2.75) is 18.2 Å². The molecule has 0 saturated heterocycles. The minimum absolute atomic E-state index is 0.0562. The highest BCUT2D eigenvalue weighted by atomic mass is 32.2. The van der Waals surface area contributed by atoms with Gasteiger partial charge in [-0.2, -0.15) is 0 Å². The van der Waals surface area contributed by atoms with Crippen LogP contribution in [-0.4, -0.2) is 52.2 Å². The number of rotatable bonds is 9. The van der Waals surface area contributed by atoms with Gasteiger partial charge in [0.15, 0.2) is 5.37 Å². The Balaban J connectivity index is 3.61. The van der Waals surface area contributed by atoms with Crippen molar-refractivity contribution in [3.05, 3.63) is 0 Å². The average Bonchev–Trinajstić information content (AvgIpc) is 2.15. The van der Waals surface area contributed by atoms with Gasteiger partial charge in [-0.25, -0.2) is 4.79 Å². The first-order chi connectivity index (χ1) is 6.72. The number of aliphatic hydroxyl groups is 2. The molecule has 0 aliphatic rings. The number of thioether (sulfide) groups is 1. The lowest BCUT2D eigenvalue weighted by Crippen LogP contribution is -2.35. The third-order valence-electron chi connectivity index (χ3n) is 1.48. The van der Waals surface area contributed by atoms with Gasteiger partial charge in [0, 0.05) is 13.2 Å². The number of carboxylic acid groups (broad SMARTS) is 1. The summed E-state index contributed by atoms with van der Waals surface area (Å²) in [5, 5.41) is 27.9. The van der Waals surface area contributed by atoms with E-state index in [2.05, 4.69) is 5.32 Å². The summed E-state index contributed by atoms with van der Waals surface area (Å²) in [6.45, 7) is 0.621. The van der Waals surface area contributed by atoms with E-state index in [1.807, 2.05) is 0 Å². The summed E-state index contributed by atoms with van der Waals surface area (Å²) in [5.74, 6) is -0.301. The molecule has 0 spiro atoms. The van der Waals surface area contributed by atoms with Gasteiger partial charge in [-0.1, -0.05) is 0 Å². The molecule has 0 aliphatic heterocycles. The van der Waals surface area contributed by atoms with Crippen LogP contribution < -0.4 is 5.32 Å². The van der Waals surface area contributed by atoms with Gasteiger partial charge in [0.1, 0.15) is 0 Å². The molecule has 84 valence electrons. The maximum Gasteiger partial charge on any atom is 0.331 e. The Morgan fingerprint density at radius 1 is 1.29 bits per heavy atom. The van der Waals surface area contributed by atoms with Crippen LogP contribution in [0.25, 0.3) is 0 Å². The fraction of sp³-hybridized carbons (Fsp3) is 0.875. The van der Waals surface area contributed by atoms with E-state index in [9.17, 15) is 4.79 Å². The molecule has 0 saturated carbocycles. The van der Waals surface area contributed by atoms with Crippen LogP contribution in [0, 0.1) is 0 Å². The maximum absolute atomic E-state index is 10.7. The molecule has 0 aromatic heterocycles. The Morgan fingerprint density at radius 3 is 2.43 bits per heavy atom. The fourth-order valence-electron chi connectivity index (χ4n) is 0.795. The SMILES string of the molecule is O=C(O)[C@@H](NCCCO)SCCCO. The van der Waals surface area contributed by atoms with Crippen LogP contribution in [0.3, 0.4) is 0 Å². The van der Waals surface area contributed by atoms with Gasteiger partial charge in [-0.15, -0.1) is 11.8 Å². The van der Waals surface area contributed by atoms with Crippen LogP contribution in [0.15, 0.2) is 0 Å². The number of nitrogens with one attached hydrogen (secondary N) is 1. The molecule has 0 fully saturated rings. The van der Waals surface area contributed by atoms with E-state index in [4.69, 9.17) is 15.3 Å². The predicted octanol–water partition coefficient (Wildman–Crippen LogP) is -0.515. The molecule has 5 nitrogen and oxygen atoms in total. The van der Waals surface area contributed by atoms with Crippen LogP contribution in [0.1, 0.15) is 12.8 Å². The first-order valence-electron chi connectivity index (χ1n) is 4.52. The zero-order valence-corrected chi connectivity index (χ0v) is 8.79. The summed E-state index contributed by atoms with van der Waals surface area (Å²) in [7, 11) is 0. The summed E-state index contributed by atoms with van der Waals surface area (Å²) in [5.41, 5.74) is 0. The zero-order chi connectivity index (χ0) is 10.8. The smallest absolute Gasteiger partial charge is 0.331 e. The lowest BCUT2D eigenvalue weighted by molar-refractivity contribution is -0.137. The van der Waals surface area contributed by atoms with Gasteiger partial charge >= 0.3 is 5.97 Å². The van der Waals surface area contributed by atoms with Crippen molar-refractivity contribution in [1.82, 2.24) is 5.32 Å². The second kappa shape index (κ2) is 9.26. The molecule has 1 atom stereocenters. The lowest BCUT2D eigenvalue weighted by atomic mass is 10.4. The molecule has 0 amide bonds. The number of carboxylic acids is 1. The topological polar surface area (TPSA) is 89.8 Å². The van der Waals surface area contributed by atoms with Crippen molar-refractivity contribution in [2.24, 2.45) is 0 Å². The van der Waals surface area contributed by atoms with E-state index in [0.717, 1.165) is 0 Å². The van der Waals surface area contributed by atoms with Gasteiger partial charge in [-0.05, 0) is 25.1 Å². The van der Waals surface area contributed by atoms with Crippen molar-refractivity contribution in [3.63, 3.8) is 0 Å². The largest absolute Gasteiger partial charge is 0.479 e. The van der Waals surface area contributed by atoms with Crippen molar-refractivity contribution in [1.29, 1.82) is 0 Å². The van der Waals surface area contributed by atoms with Gasteiger partial charge in [0.25, 0.3) is 0 Å². The molecule has 0 bridgehead atoms. The molecule has 6 heteroatoms. The summed E-state index contributed by atoms with van der Waals surface area (Å²) < 4.78 is 0. The highest BCUT2D eigenvalue weighted by Crippen LogP contribution is 2.09. The first kappa shape index (κ1) is 13.7. The highest BCUT2D eigenvalue weighted by molar-refractivity contribution is 8.00. The van der Waals surface area contributed by atoms with Crippen molar-refractivity contribution >= 4 is 17.7 Å². The van der Waals surface area contributed by atoms with E-state index in [1.54, 1.807) is 0 Å². The normalized spacial score (nSPS) is 12.7. The minimum Gasteiger partial charge on any atom is -0.479 e. The van der Waals surface area contributed by atoms with Gasteiger partial charge in [-0.3, -0.25) is 5.32 Å². The van der Waals surface area contributed by atoms with Crippen molar-refractivity contribution in [2.75, 3.05) is 25.5 Å². The Morgan fingerprint density at radius 2 is 1.93 bits per heavy atom. The number of aliphatic hydroxyl groups excluding tert-OH is 2. The molecular weight excluding hydrogens is 206 g/mol. The highest BCUT2D eigenvalue weighted by Gasteiger charge is 2.15. The van der Waals surface area contributed by atoms with Crippen LogP contribution in [-0.2, 0) is 4.79 Å². The quantitative estimate of drug-likeness (QED) is 0.311. The van der Waals surface area contributed by atoms with E-state index in [1.165, 1.54) is 11.8 Å². The van der Waals surface area contributed by atoms with E-state index >= 15 is 0 Å². The molecule has 0 aliphatic carbocycles. The maximum atomic E-state index is 10.7. The van der Waals surface area contributed by atoms with Crippen LogP contribution in [0.4, 0.5) is 0 Å². The molecule has 0 rings (SSSR count). The summed E-state index contributed by atoms with van der Waals surface area (Å²) in [6.07, 6.45) is 1.14. The molecule has 4 N–H and O–H groups in total. The van der Waals surface area contributed by atoms with Gasteiger partial charge in [0.2, 0.25) is 0 Å². The van der Waals surface area contributed by atoms with Crippen LogP contribution in [0.2, 0.25) is 0 Å². The molecule has 0 aromatic carbocycles. The zero-order valence-electron chi connectivity index (χ0n) is 7.98. The molecule has 0 aromatic rings. The summed E-state index contributed by atoms with van der Waals surface area (Å²) in [4.78, 5) is 10.7. The average molecular weight is 223 g/mol. The molecule has 14 heavy (non-hydrogen) atoms. The summed E-state index contributed by atoms with van der Waals surface area (Å²) in [6, 6.07) is 0. The van der Waals surface area contributed by atoms with E-state index in [0.29, 0.717) is 25.1 Å². The Labute approximate surface area is 87.5 Å². The monoisotopic (exact) mass is 223 g/mol. The standard InChI is InChI=1S/C8H17NO4S/c10-4-1-3-9-7(8(12)13)14-6-2-5-11/h7,9-11H,1-6H2,(H,12,13)/t7-/m0/s1. The first-order valence-corrected chi connectivity index (χ1v) is 5.56. The molecule has 0 unspecified atom stereocenters. The molecule has 0 heterocycles. The van der Waals surface area contributed by atoms with Crippen LogP contribution in [0.5, 0.6) is 0 Å². The number of hydrogen-bond donors (Lipinski definition) is 4. The Bertz CT molecular complexity index is 146. The lowest BCUT2D eigenvalue weighted by Gasteiger charge is -2.12. The molecular formula is C8H17NO4S. The third-order valence-corrected chi connectivity index (χ3v) is 2.70. The van der Waals surface area contributed by atoms with Crippen LogP contribution >= 0.6 is 11.8 Å². The Hall–Kier alpha value is -0.300.